The summed E-state index contributed by atoms with van der Waals surface area (Å²) in [6.07, 6.45) is 0. The molecular weight excluding hydrogens is 1060 g/mol. The van der Waals surface area contributed by atoms with Crippen LogP contribution >= 0.6 is 0 Å². The number of hydrogen-bond acceptors (Lipinski definition) is 0. The van der Waals surface area contributed by atoms with E-state index in [0.717, 1.165) is 0 Å². The third kappa shape index (κ3) is 7.21. The van der Waals surface area contributed by atoms with Gasteiger partial charge in [0.05, 0.1) is 33.1 Å². The maximum Gasteiger partial charge on any atom is 0.0547 e. The first-order valence-corrected chi connectivity index (χ1v) is 30.4. The first-order chi connectivity index (χ1) is 43.6. The van der Waals surface area contributed by atoms with E-state index in [1.807, 2.05) is 0 Å². The lowest BCUT2D eigenvalue weighted by Gasteiger charge is -2.12. The molecule has 1 N–H and O–H groups in total. The highest BCUT2D eigenvalue weighted by molar-refractivity contribution is 6.24. The molecular formula is C84H52N4. The van der Waals surface area contributed by atoms with Gasteiger partial charge in [-0.05, 0) is 186 Å². The van der Waals surface area contributed by atoms with Crippen molar-refractivity contribution in [3.8, 4) is 61.6 Å². The SMILES string of the molecule is c1ccc(-n2c3ccccc3c3cc(-c4ccc5[nH]c6ccc7ccccc7c6c5c4)ccc32)cc1.c1ccc(-n2c3ccccc3c3cc(-c4ccc5c(c4)c4c6ccccc6ccc4n5-c4cc5c6c(cccc6c4)-c4ccccc4-5)ccc32)cc1. The predicted octanol–water partition coefficient (Wildman–Crippen LogP) is 22.7. The van der Waals surface area contributed by atoms with Crippen LogP contribution in [0.25, 0.3) is 181 Å². The molecule has 0 aliphatic heterocycles. The summed E-state index contributed by atoms with van der Waals surface area (Å²) >= 11 is 0. The van der Waals surface area contributed by atoms with Crippen molar-refractivity contribution < 1.29 is 0 Å². The average molecular weight is 1120 g/mol. The Balaban J connectivity index is 0.000000137. The molecule has 0 unspecified atom stereocenters. The molecule has 1 aliphatic carbocycles. The number of nitrogens with one attached hydrogen (secondary N) is 1. The quantitative estimate of drug-likeness (QED) is 0.178. The van der Waals surface area contributed by atoms with Gasteiger partial charge in [0.2, 0.25) is 0 Å². The Morgan fingerprint density at radius 3 is 1.24 bits per heavy atom. The van der Waals surface area contributed by atoms with Gasteiger partial charge < -0.3 is 18.7 Å². The highest BCUT2D eigenvalue weighted by Gasteiger charge is 2.24. The second kappa shape index (κ2) is 18.9. The highest BCUT2D eigenvalue weighted by atomic mass is 15.0. The van der Waals surface area contributed by atoms with Gasteiger partial charge in [-0.25, -0.2) is 0 Å². The normalized spacial score (nSPS) is 12.1. The molecule has 19 aromatic rings. The molecule has 0 radical (unpaired) electrons. The van der Waals surface area contributed by atoms with Crippen molar-refractivity contribution in [2.75, 3.05) is 0 Å². The molecule has 1 aliphatic rings. The molecule has 4 heteroatoms. The molecule has 0 amide bonds. The van der Waals surface area contributed by atoms with Gasteiger partial charge in [0, 0.05) is 71.2 Å². The zero-order valence-corrected chi connectivity index (χ0v) is 47.8. The number of aromatic amines is 1. The second-order valence-corrected chi connectivity index (χ2v) is 23.6. The molecule has 0 saturated carbocycles. The zero-order valence-electron chi connectivity index (χ0n) is 47.8. The van der Waals surface area contributed by atoms with Crippen LogP contribution in [0.3, 0.4) is 0 Å². The Hall–Kier alpha value is -11.7. The van der Waals surface area contributed by atoms with Crippen LogP contribution in [-0.4, -0.2) is 18.7 Å². The van der Waals surface area contributed by atoms with Crippen molar-refractivity contribution in [3.63, 3.8) is 0 Å². The van der Waals surface area contributed by atoms with Crippen molar-refractivity contribution in [1.29, 1.82) is 0 Å². The molecule has 88 heavy (non-hydrogen) atoms. The molecule has 408 valence electrons. The van der Waals surface area contributed by atoms with Crippen LogP contribution in [0.1, 0.15) is 0 Å². The largest absolute Gasteiger partial charge is 0.354 e. The third-order valence-electron chi connectivity index (χ3n) is 18.9. The molecule has 4 nitrogen and oxygen atoms in total. The molecule has 15 aromatic carbocycles. The molecule has 4 aromatic heterocycles. The van der Waals surface area contributed by atoms with Gasteiger partial charge in [0.15, 0.2) is 0 Å². The van der Waals surface area contributed by atoms with Gasteiger partial charge in [-0.1, -0.05) is 200 Å². The van der Waals surface area contributed by atoms with Crippen LogP contribution < -0.4 is 0 Å². The molecule has 0 bridgehead atoms. The Morgan fingerprint density at radius 1 is 0.193 bits per heavy atom. The van der Waals surface area contributed by atoms with Gasteiger partial charge >= 0.3 is 0 Å². The van der Waals surface area contributed by atoms with Gasteiger partial charge in [0.1, 0.15) is 0 Å². The van der Waals surface area contributed by atoms with Gasteiger partial charge in [-0.2, -0.15) is 0 Å². The smallest absolute Gasteiger partial charge is 0.0547 e. The summed E-state index contributed by atoms with van der Waals surface area (Å²) in [6, 6.07) is 113. The lowest BCUT2D eigenvalue weighted by molar-refractivity contribution is 1.18. The Bertz CT molecular complexity index is 6110. The lowest BCUT2D eigenvalue weighted by atomic mass is 9.99. The zero-order chi connectivity index (χ0) is 57.6. The number of rotatable bonds is 5. The maximum absolute atomic E-state index is 3.62. The minimum Gasteiger partial charge on any atom is -0.354 e. The summed E-state index contributed by atoms with van der Waals surface area (Å²) in [5.41, 5.74) is 23.4. The summed E-state index contributed by atoms with van der Waals surface area (Å²) in [7, 11) is 0. The second-order valence-electron chi connectivity index (χ2n) is 23.6. The topological polar surface area (TPSA) is 30.6 Å². The van der Waals surface area contributed by atoms with E-state index in [0.29, 0.717) is 0 Å². The summed E-state index contributed by atoms with van der Waals surface area (Å²) in [5, 5.41) is 17.9. The van der Waals surface area contributed by atoms with Crippen LogP contribution in [-0.2, 0) is 0 Å². The first kappa shape index (κ1) is 48.6. The Morgan fingerprint density at radius 2 is 0.614 bits per heavy atom. The van der Waals surface area contributed by atoms with E-state index >= 15 is 0 Å². The number of benzene rings is 15. The maximum atomic E-state index is 3.62. The minimum atomic E-state index is 1.17. The van der Waals surface area contributed by atoms with Crippen molar-refractivity contribution in [3.05, 3.63) is 309 Å². The average Bonchev–Trinajstić information content (AvgIpc) is 2.55. The number of hydrogen-bond donors (Lipinski definition) is 1. The first-order valence-electron chi connectivity index (χ1n) is 30.4. The van der Waals surface area contributed by atoms with E-state index in [9.17, 15) is 0 Å². The van der Waals surface area contributed by atoms with Crippen LogP contribution in [0.15, 0.2) is 309 Å². The van der Waals surface area contributed by atoms with E-state index in [4.69, 9.17) is 0 Å². The van der Waals surface area contributed by atoms with Crippen molar-refractivity contribution in [1.82, 2.24) is 18.7 Å². The number of H-pyrrole nitrogens is 1. The highest BCUT2D eigenvalue weighted by Crippen LogP contribution is 2.50. The number of nitrogens with zero attached hydrogens (tertiary/aromatic N) is 3. The van der Waals surface area contributed by atoms with Crippen LogP contribution in [0, 0.1) is 0 Å². The number of aromatic nitrogens is 4. The van der Waals surface area contributed by atoms with E-state index in [2.05, 4.69) is 328 Å². The summed E-state index contributed by atoms with van der Waals surface area (Å²) in [5.74, 6) is 0. The van der Waals surface area contributed by atoms with E-state index in [-0.39, 0.29) is 0 Å². The summed E-state index contributed by atoms with van der Waals surface area (Å²) in [4.78, 5) is 3.62. The van der Waals surface area contributed by atoms with E-state index < -0.39 is 0 Å². The van der Waals surface area contributed by atoms with Crippen LogP contribution in [0.5, 0.6) is 0 Å². The fraction of sp³-hybridized carbons (Fsp3) is 0. The fourth-order valence-corrected chi connectivity index (χ4v) is 15.0. The van der Waals surface area contributed by atoms with Gasteiger partial charge in [-0.3, -0.25) is 0 Å². The number of para-hydroxylation sites is 4. The minimum absolute atomic E-state index is 1.17. The fourth-order valence-electron chi connectivity index (χ4n) is 15.0. The third-order valence-corrected chi connectivity index (χ3v) is 18.9. The van der Waals surface area contributed by atoms with Gasteiger partial charge in [0.25, 0.3) is 0 Å². The van der Waals surface area contributed by atoms with E-state index in [1.54, 1.807) is 0 Å². The Labute approximate surface area is 506 Å². The standard InChI is InChI=1S/C50H30N2.C34H22N2/c1-2-13-35(14-3-1)51-45-20-9-8-18-40(45)42-28-32(22-24-46(42)51)33-23-25-47-44(29-33)50-37-15-5-4-11-31(37)21-26-48(50)52(47)36-27-34-12-10-19-41-38-16-6-7-17-39(38)43(30-36)49(34)41;1-2-9-25(10-3-1)36-32-13-7-6-12-27(32)28-20-24(16-19-33(28)36)23-15-17-30-29(21-23)34-26-11-5-4-8-22(26)14-18-31(34)35-30/h1-30H;1-21,35H. The summed E-state index contributed by atoms with van der Waals surface area (Å²) in [6.45, 7) is 0. The van der Waals surface area contributed by atoms with Crippen LogP contribution in [0.4, 0.5) is 0 Å². The lowest BCUT2D eigenvalue weighted by Crippen LogP contribution is -1.95. The van der Waals surface area contributed by atoms with Crippen molar-refractivity contribution in [2.24, 2.45) is 0 Å². The monoisotopic (exact) mass is 1120 g/mol. The number of fused-ring (bicyclic) bond motifs is 19. The van der Waals surface area contributed by atoms with Crippen LogP contribution in [0.2, 0.25) is 0 Å². The van der Waals surface area contributed by atoms with E-state index in [1.165, 1.54) is 181 Å². The molecule has 0 atom stereocenters. The van der Waals surface area contributed by atoms with Crippen molar-refractivity contribution in [2.45, 2.75) is 0 Å². The van der Waals surface area contributed by atoms with Crippen molar-refractivity contribution >= 4 is 120 Å². The predicted molar refractivity (Wildman–Crippen MR) is 373 cm³/mol. The molecule has 20 rings (SSSR count). The van der Waals surface area contributed by atoms with Gasteiger partial charge in [-0.15, -0.1) is 0 Å². The molecule has 0 spiro atoms. The molecule has 0 fully saturated rings. The summed E-state index contributed by atoms with van der Waals surface area (Å²) < 4.78 is 7.23. The molecule has 4 heterocycles. The Kier molecular flexibility index (Phi) is 10.4. The molecule has 0 saturated heterocycles.